The summed E-state index contributed by atoms with van der Waals surface area (Å²) in [4.78, 5) is 24.6. The largest absolute Gasteiger partial charge is 0.496 e. The van der Waals surface area contributed by atoms with Crippen molar-refractivity contribution in [2.24, 2.45) is 0 Å². The Hall–Kier alpha value is -2.88. The van der Waals surface area contributed by atoms with Gasteiger partial charge in [0.05, 0.1) is 18.2 Å². The molecule has 1 N–H and O–H groups in total. The average molecular weight is 293 g/mol. The lowest BCUT2D eigenvalue weighted by Crippen LogP contribution is -2.06. The van der Waals surface area contributed by atoms with Crippen molar-refractivity contribution in [2.45, 2.75) is 6.92 Å². The highest BCUT2D eigenvalue weighted by Gasteiger charge is 2.25. The van der Waals surface area contributed by atoms with E-state index >= 15 is 0 Å². The van der Waals surface area contributed by atoms with E-state index in [-0.39, 0.29) is 11.7 Å². The Balaban J connectivity index is 2.04. The Morgan fingerprint density at radius 3 is 2.73 bits per heavy atom. The first kappa shape index (κ1) is 14.1. The molecule has 4 heteroatoms. The van der Waals surface area contributed by atoms with Gasteiger partial charge in [-0.2, -0.15) is 0 Å². The van der Waals surface area contributed by atoms with Gasteiger partial charge in [0.15, 0.2) is 5.78 Å². The molecule has 0 atom stereocenters. The Bertz CT molecular complexity index is 806. The van der Waals surface area contributed by atoms with Crippen LogP contribution < -0.4 is 10.1 Å². The third-order valence-electron chi connectivity index (χ3n) is 3.61. The van der Waals surface area contributed by atoms with Crippen molar-refractivity contribution < 1.29 is 14.3 Å². The molecular weight excluding hydrogens is 278 g/mol. The topological polar surface area (TPSA) is 55.4 Å². The number of carbonyl (C=O) groups excluding carboxylic acids is 2. The number of allylic oxidation sites excluding steroid dienone is 1. The maximum atomic E-state index is 12.5. The van der Waals surface area contributed by atoms with Crippen molar-refractivity contribution in [1.29, 1.82) is 0 Å². The van der Waals surface area contributed by atoms with Gasteiger partial charge in [-0.1, -0.05) is 23.8 Å². The second-order valence-corrected chi connectivity index (χ2v) is 5.13. The van der Waals surface area contributed by atoms with Crippen molar-refractivity contribution in [2.75, 3.05) is 12.4 Å². The summed E-state index contributed by atoms with van der Waals surface area (Å²) in [7, 11) is 1.51. The van der Waals surface area contributed by atoms with Gasteiger partial charge in [0.2, 0.25) is 0 Å². The summed E-state index contributed by atoms with van der Waals surface area (Å²) >= 11 is 0. The number of ether oxygens (including phenoxy) is 1. The third-order valence-corrected chi connectivity index (χ3v) is 3.61. The van der Waals surface area contributed by atoms with Gasteiger partial charge in [0.1, 0.15) is 5.75 Å². The molecule has 1 aliphatic heterocycles. The molecule has 0 fully saturated rings. The van der Waals surface area contributed by atoms with Crippen LogP contribution in [0.3, 0.4) is 0 Å². The zero-order chi connectivity index (χ0) is 15.7. The van der Waals surface area contributed by atoms with E-state index in [1.54, 1.807) is 24.3 Å². The molecule has 2 aromatic rings. The lowest BCUT2D eigenvalue weighted by Gasteiger charge is -2.05. The number of nitrogens with one attached hydrogen (secondary N) is 1. The lowest BCUT2D eigenvalue weighted by molar-refractivity contribution is -0.110. The van der Waals surface area contributed by atoms with E-state index in [1.807, 2.05) is 25.1 Å². The minimum Gasteiger partial charge on any atom is -0.496 e. The molecule has 0 bridgehead atoms. The van der Waals surface area contributed by atoms with Crippen molar-refractivity contribution in [3.63, 3.8) is 0 Å². The van der Waals surface area contributed by atoms with Gasteiger partial charge in [-0.25, -0.2) is 0 Å². The van der Waals surface area contributed by atoms with Crippen LogP contribution in [-0.4, -0.2) is 18.8 Å². The van der Waals surface area contributed by atoms with Crippen molar-refractivity contribution >= 4 is 23.0 Å². The number of hydrogen-bond acceptors (Lipinski definition) is 3. The maximum Gasteiger partial charge on any atom is 0.256 e. The Labute approximate surface area is 128 Å². The third kappa shape index (κ3) is 2.39. The van der Waals surface area contributed by atoms with E-state index in [9.17, 15) is 9.59 Å². The van der Waals surface area contributed by atoms with E-state index in [2.05, 4.69) is 5.32 Å². The molecule has 0 aliphatic carbocycles. The summed E-state index contributed by atoms with van der Waals surface area (Å²) in [5, 5.41) is 2.77. The molecule has 4 nitrogen and oxygen atoms in total. The zero-order valence-electron chi connectivity index (χ0n) is 12.3. The lowest BCUT2D eigenvalue weighted by atomic mass is 10.0. The molecule has 1 amide bonds. The smallest absolute Gasteiger partial charge is 0.256 e. The number of carbonyl (C=O) groups is 2. The molecule has 22 heavy (non-hydrogen) atoms. The normalized spacial score (nSPS) is 14.6. The number of anilines is 1. The Morgan fingerprint density at radius 1 is 1.18 bits per heavy atom. The fraction of sp³-hybridized carbons (Fsp3) is 0.111. The number of aryl methyl sites for hydroxylation is 1. The molecule has 0 saturated heterocycles. The summed E-state index contributed by atoms with van der Waals surface area (Å²) in [6, 6.07) is 12.6. The molecule has 1 heterocycles. The van der Waals surface area contributed by atoms with E-state index in [1.165, 1.54) is 13.2 Å². The summed E-state index contributed by atoms with van der Waals surface area (Å²) in [5.41, 5.74) is 3.34. The first-order chi connectivity index (χ1) is 10.6. The minimum absolute atomic E-state index is 0.253. The molecule has 0 saturated carbocycles. The number of benzene rings is 2. The van der Waals surface area contributed by atoms with Crippen molar-refractivity contribution in [3.8, 4) is 5.75 Å². The van der Waals surface area contributed by atoms with E-state index in [0.717, 1.165) is 16.8 Å². The van der Waals surface area contributed by atoms with Crippen LogP contribution in [0.4, 0.5) is 5.69 Å². The first-order valence-corrected chi connectivity index (χ1v) is 6.91. The van der Waals surface area contributed by atoms with Crippen molar-refractivity contribution in [3.05, 3.63) is 65.2 Å². The fourth-order valence-electron chi connectivity index (χ4n) is 2.50. The van der Waals surface area contributed by atoms with Gasteiger partial charge in [0.25, 0.3) is 5.91 Å². The van der Waals surface area contributed by atoms with Gasteiger partial charge in [-0.15, -0.1) is 0 Å². The first-order valence-electron chi connectivity index (χ1n) is 6.91. The molecule has 2 aromatic carbocycles. The molecule has 0 aromatic heterocycles. The summed E-state index contributed by atoms with van der Waals surface area (Å²) < 4.78 is 5.20. The SMILES string of the molecule is COc1ccccc1C(=O)C=C1C(=O)Nc2ccc(C)cc21. The van der Waals surface area contributed by atoms with Gasteiger partial charge in [0, 0.05) is 11.3 Å². The maximum absolute atomic E-state index is 12.5. The van der Waals surface area contributed by atoms with E-state index < -0.39 is 0 Å². The second-order valence-electron chi connectivity index (χ2n) is 5.13. The monoisotopic (exact) mass is 293 g/mol. The highest BCUT2D eigenvalue weighted by atomic mass is 16.5. The van der Waals surface area contributed by atoms with Gasteiger partial charge >= 0.3 is 0 Å². The molecule has 1 aliphatic rings. The predicted octanol–water partition coefficient (Wildman–Crippen LogP) is 3.22. The molecule has 0 unspecified atom stereocenters. The fourth-order valence-corrected chi connectivity index (χ4v) is 2.50. The van der Waals surface area contributed by atoms with E-state index in [0.29, 0.717) is 16.9 Å². The van der Waals surface area contributed by atoms with Crippen LogP contribution in [0, 0.1) is 6.92 Å². The molecule has 0 spiro atoms. The van der Waals surface area contributed by atoms with Gasteiger partial charge < -0.3 is 10.1 Å². The predicted molar refractivity (Wildman–Crippen MR) is 85.1 cm³/mol. The van der Waals surface area contributed by atoms with Crippen LogP contribution in [0.2, 0.25) is 0 Å². The standard InChI is InChI=1S/C18H15NO3/c1-11-7-8-15-13(9-11)14(18(21)19-15)10-16(20)12-5-3-4-6-17(12)22-2/h3-10H,1-2H3,(H,19,21). The molecule has 110 valence electrons. The highest BCUT2D eigenvalue weighted by molar-refractivity contribution is 6.35. The van der Waals surface area contributed by atoms with Crippen LogP contribution in [0.25, 0.3) is 5.57 Å². The zero-order valence-corrected chi connectivity index (χ0v) is 12.3. The number of fused-ring (bicyclic) bond motifs is 1. The minimum atomic E-state index is -0.260. The van der Waals surface area contributed by atoms with E-state index in [4.69, 9.17) is 4.74 Å². The number of ketones is 1. The molecule has 0 radical (unpaired) electrons. The van der Waals surface area contributed by atoms with Crippen LogP contribution in [0.15, 0.2) is 48.5 Å². The van der Waals surface area contributed by atoms with Crippen LogP contribution in [-0.2, 0) is 4.79 Å². The molecular formula is C18H15NO3. The second kappa shape index (κ2) is 5.48. The highest BCUT2D eigenvalue weighted by Crippen LogP contribution is 2.33. The number of hydrogen-bond donors (Lipinski definition) is 1. The number of rotatable bonds is 3. The molecule has 3 rings (SSSR count). The van der Waals surface area contributed by atoms with Gasteiger partial charge in [-0.3, -0.25) is 9.59 Å². The summed E-state index contributed by atoms with van der Waals surface area (Å²) in [5.74, 6) is -0.0203. The van der Waals surface area contributed by atoms with Crippen molar-refractivity contribution in [1.82, 2.24) is 0 Å². The van der Waals surface area contributed by atoms with Gasteiger partial charge in [-0.05, 0) is 37.3 Å². The van der Waals surface area contributed by atoms with Crippen LogP contribution in [0.5, 0.6) is 5.75 Å². The number of methoxy groups -OCH3 is 1. The van der Waals surface area contributed by atoms with Crippen LogP contribution >= 0.6 is 0 Å². The Kier molecular flexibility index (Phi) is 3.51. The summed E-state index contributed by atoms with van der Waals surface area (Å²) in [6.07, 6.45) is 1.37. The van der Waals surface area contributed by atoms with Crippen LogP contribution in [0.1, 0.15) is 21.5 Å². The number of para-hydroxylation sites is 1. The Morgan fingerprint density at radius 2 is 1.95 bits per heavy atom. The summed E-state index contributed by atoms with van der Waals surface area (Å²) in [6.45, 7) is 1.95. The average Bonchev–Trinajstić information content (AvgIpc) is 2.83. The number of amides is 1. The quantitative estimate of drug-likeness (QED) is 0.698.